The topological polar surface area (TPSA) is 45.1 Å². The Morgan fingerprint density at radius 3 is 2.84 bits per heavy atom. The van der Waals surface area contributed by atoms with Crippen LogP contribution < -0.4 is 10.6 Å². The number of halogens is 2. The third-order valence-electron chi connectivity index (χ3n) is 3.66. The predicted octanol–water partition coefficient (Wildman–Crippen LogP) is 3.27. The first-order valence-corrected chi connectivity index (χ1v) is 8.82. The number of hydrogen-bond donors (Lipinski definition) is 2. The number of rotatable bonds is 7. The van der Waals surface area contributed by atoms with Gasteiger partial charge < -0.3 is 15.5 Å². The van der Waals surface area contributed by atoms with Gasteiger partial charge in [-0.3, -0.25) is 4.68 Å². The third-order valence-corrected chi connectivity index (χ3v) is 4.26. The lowest BCUT2D eigenvalue weighted by Gasteiger charge is -2.11. The van der Waals surface area contributed by atoms with Gasteiger partial charge in [-0.05, 0) is 58.3 Å². The summed E-state index contributed by atoms with van der Waals surface area (Å²) in [6, 6.07) is 6.52. The van der Waals surface area contributed by atoms with Crippen LogP contribution in [0.25, 0.3) is 0 Å². The normalized spacial score (nSPS) is 11.0. The molecule has 0 radical (unpaired) electrons. The van der Waals surface area contributed by atoms with E-state index < -0.39 is 0 Å². The van der Waals surface area contributed by atoms with Gasteiger partial charge in [0.1, 0.15) is 5.82 Å². The molecule has 0 aliphatic heterocycles. The molecule has 5 nitrogen and oxygen atoms in total. The van der Waals surface area contributed by atoms with Crippen molar-refractivity contribution < 1.29 is 4.39 Å². The molecule has 2 rings (SSSR count). The average molecular weight is 384 g/mol. The second-order valence-corrected chi connectivity index (χ2v) is 6.88. The van der Waals surface area contributed by atoms with Crippen LogP contribution in [0, 0.1) is 12.7 Å². The number of hydrogen-bond acceptors (Lipinski definition) is 3. The summed E-state index contributed by atoms with van der Waals surface area (Å²) in [4.78, 5) is 2.12. The molecule has 0 amide bonds. The molecule has 0 aliphatic rings. The maximum absolute atomic E-state index is 13.9. The van der Waals surface area contributed by atoms with Gasteiger partial charge in [0, 0.05) is 28.9 Å². The molecule has 25 heavy (non-hydrogen) atoms. The van der Waals surface area contributed by atoms with Gasteiger partial charge in [0.25, 0.3) is 0 Å². The molecular weight excluding hydrogens is 361 g/mol. The highest BCUT2D eigenvalue weighted by molar-refractivity contribution is 7.80. The van der Waals surface area contributed by atoms with E-state index in [-0.39, 0.29) is 12.4 Å². The zero-order valence-corrected chi connectivity index (χ0v) is 16.2. The van der Waals surface area contributed by atoms with Gasteiger partial charge >= 0.3 is 0 Å². The van der Waals surface area contributed by atoms with Gasteiger partial charge in [-0.2, -0.15) is 5.10 Å². The number of aryl methyl sites for hydroxylation is 1. The number of aromatic nitrogens is 2. The Balaban J connectivity index is 1.94. The molecule has 0 atom stereocenters. The van der Waals surface area contributed by atoms with Gasteiger partial charge in [0.15, 0.2) is 10.9 Å². The summed E-state index contributed by atoms with van der Waals surface area (Å²) in [5.41, 5.74) is 1.31. The monoisotopic (exact) mass is 383 g/mol. The minimum absolute atomic E-state index is 0.266. The van der Waals surface area contributed by atoms with Gasteiger partial charge in [-0.15, -0.1) is 0 Å². The molecule has 1 aromatic carbocycles. The lowest BCUT2D eigenvalue weighted by molar-refractivity contribution is 0.400. The first-order chi connectivity index (χ1) is 11.9. The van der Waals surface area contributed by atoms with Crippen molar-refractivity contribution in [2.24, 2.45) is 0 Å². The van der Waals surface area contributed by atoms with E-state index in [1.165, 1.54) is 6.07 Å². The largest absolute Gasteiger partial charge is 0.362 e. The van der Waals surface area contributed by atoms with Crippen LogP contribution in [0.15, 0.2) is 24.3 Å². The van der Waals surface area contributed by atoms with Crippen LogP contribution in [0.4, 0.5) is 10.2 Å². The smallest absolute Gasteiger partial charge is 0.171 e. The number of benzene rings is 1. The first-order valence-electron chi connectivity index (χ1n) is 8.03. The summed E-state index contributed by atoms with van der Waals surface area (Å²) in [5, 5.41) is 11.5. The Morgan fingerprint density at radius 2 is 2.16 bits per heavy atom. The number of thiocarbonyl (C=S) groups is 1. The fourth-order valence-electron chi connectivity index (χ4n) is 2.32. The first kappa shape index (κ1) is 19.6. The summed E-state index contributed by atoms with van der Waals surface area (Å²) in [5.74, 6) is 0.282. The minimum atomic E-state index is -0.338. The van der Waals surface area contributed by atoms with E-state index in [4.69, 9.17) is 23.8 Å². The number of nitrogens with one attached hydrogen (secondary N) is 2. The Labute approximate surface area is 158 Å². The SMILES string of the molecule is Cc1cc(NC(=S)NCCCN(C)C)nn1Cc1c(F)cccc1Cl. The summed E-state index contributed by atoms with van der Waals surface area (Å²) in [7, 11) is 4.07. The Bertz CT molecular complexity index is 712. The summed E-state index contributed by atoms with van der Waals surface area (Å²) < 4.78 is 15.6. The Hall–Kier alpha value is -1.70. The summed E-state index contributed by atoms with van der Waals surface area (Å²) >= 11 is 11.4. The molecule has 0 fully saturated rings. The lowest BCUT2D eigenvalue weighted by atomic mass is 10.2. The standard InChI is InChI=1S/C17H23ClFN5S/c1-12-10-16(21-17(25)20-8-5-9-23(2)3)22-24(12)11-13-14(18)6-4-7-15(13)19/h4,6-7,10H,5,8-9,11H2,1-3H3,(H2,20,21,22,25). The zero-order chi connectivity index (χ0) is 18.4. The second kappa shape index (κ2) is 9.12. The highest BCUT2D eigenvalue weighted by atomic mass is 35.5. The van der Waals surface area contributed by atoms with Crippen LogP contribution >= 0.6 is 23.8 Å². The molecule has 1 aromatic heterocycles. The summed E-state index contributed by atoms with van der Waals surface area (Å²) in [6.07, 6.45) is 0.994. The lowest BCUT2D eigenvalue weighted by Crippen LogP contribution is -2.31. The maximum atomic E-state index is 13.9. The molecule has 136 valence electrons. The minimum Gasteiger partial charge on any atom is -0.362 e. The van der Waals surface area contributed by atoms with E-state index in [1.54, 1.807) is 16.8 Å². The molecule has 0 saturated heterocycles. The molecular formula is C17H23ClFN5S. The van der Waals surface area contributed by atoms with E-state index in [1.807, 2.05) is 27.1 Å². The molecule has 0 bridgehead atoms. The van der Waals surface area contributed by atoms with E-state index in [9.17, 15) is 4.39 Å². The maximum Gasteiger partial charge on any atom is 0.171 e. The van der Waals surface area contributed by atoms with Crippen LogP contribution in [0.1, 0.15) is 17.7 Å². The molecule has 1 heterocycles. The summed E-state index contributed by atoms with van der Waals surface area (Å²) in [6.45, 7) is 3.95. The molecule has 0 unspecified atom stereocenters. The highest BCUT2D eigenvalue weighted by Crippen LogP contribution is 2.21. The number of nitrogens with zero attached hydrogens (tertiary/aromatic N) is 3. The fourth-order valence-corrected chi connectivity index (χ4v) is 2.75. The van der Waals surface area contributed by atoms with Gasteiger partial charge in [-0.25, -0.2) is 4.39 Å². The number of anilines is 1. The Morgan fingerprint density at radius 1 is 1.40 bits per heavy atom. The van der Waals surface area contributed by atoms with Crippen molar-refractivity contribution in [3.63, 3.8) is 0 Å². The van der Waals surface area contributed by atoms with Crippen molar-refractivity contribution in [2.45, 2.75) is 19.9 Å². The molecule has 2 N–H and O–H groups in total. The van der Waals surface area contributed by atoms with Crippen molar-refractivity contribution in [3.05, 3.63) is 46.4 Å². The van der Waals surface area contributed by atoms with Crippen molar-refractivity contribution in [2.75, 3.05) is 32.5 Å². The molecule has 0 aliphatic carbocycles. The van der Waals surface area contributed by atoms with Gasteiger partial charge in [-0.1, -0.05) is 17.7 Å². The van der Waals surface area contributed by atoms with E-state index >= 15 is 0 Å². The van der Waals surface area contributed by atoms with Crippen LogP contribution in [0.2, 0.25) is 5.02 Å². The van der Waals surface area contributed by atoms with Gasteiger partial charge in [0.05, 0.1) is 6.54 Å². The van der Waals surface area contributed by atoms with E-state index in [0.717, 1.165) is 25.2 Å². The molecule has 0 spiro atoms. The third kappa shape index (κ3) is 5.95. The second-order valence-electron chi connectivity index (χ2n) is 6.07. The van der Waals surface area contributed by atoms with Crippen LogP contribution in [0.3, 0.4) is 0 Å². The Kier molecular flexibility index (Phi) is 7.16. The average Bonchev–Trinajstić information content (AvgIpc) is 2.87. The van der Waals surface area contributed by atoms with Crippen molar-refractivity contribution >= 4 is 34.7 Å². The molecule has 2 aromatic rings. The van der Waals surface area contributed by atoms with Crippen molar-refractivity contribution in [1.82, 2.24) is 20.0 Å². The van der Waals surface area contributed by atoms with E-state index in [0.29, 0.717) is 21.5 Å². The van der Waals surface area contributed by atoms with Crippen molar-refractivity contribution in [1.29, 1.82) is 0 Å². The van der Waals surface area contributed by atoms with Crippen LogP contribution in [-0.2, 0) is 6.54 Å². The van der Waals surface area contributed by atoms with E-state index in [2.05, 4.69) is 20.6 Å². The fraction of sp³-hybridized carbons (Fsp3) is 0.412. The predicted molar refractivity (Wildman–Crippen MR) is 105 cm³/mol. The quantitative estimate of drug-likeness (QED) is 0.567. The highest BCUT2D eigenvalue weighted by Gasteiger charge is 2.11. The van der Waals surface area contributed by atoms with Crippen molar-refractivity contribution in [3.8, 4) is 0 Å². The molecule has 8 heteroatoms. The molecule has 0 saturated carbocycles. The van der Waals surface area contributed by atoms with Gasteiger partial charge in [0.2, 0.25) is 0 Å². The van der Waals surface area contributed by atoms with Crippen LogP contribution in [-0.4, -0.2) is 47.0 Å². The van der Waals surface area contributed by atoms with Crippen LogP contribution in [0.5, 0.6) is 0 Å². The zero-order valence-electron chi connectivity index (χ0n) is 14.6.